The quantitative estimate of drug-likeness (QED) is 0.834. The maximum atomic E-state index is 14.1. The minimum absolute atomic E-state index is 0.0304. The highest BCUT2D eigenvalue weighted by Crippen LogP contribution is 2.33. The predicted octanol–water partition coefficient (Wildman–Crippen LogP) is 2.12. The molecule has 1 aliphatic heterocycles. The lowest BCUT2D eigenvalue weighted by molar-refractivity contribution is -0.136. The van der Waals surface area contributed by atoms with Crippen LogP contribution >= 0.6 is 0 Å². The third kappa shape index (κ3) is 3.23. The standard InChI is InChI=1S/C16H18F2N2O4/c1-9-12(15(21)24-3)14(13-10(17)5-4-6-11(13)18)19-16(22)20(9)7-8-23-2/h4-6,14H,7-8H2,1-3H3,(H,19,22). The van der Waals surface area contributed by atoms with Gasteiger partial charge in [-0.25, -0.2) is 18.4 Å². The molecular weight excluding hydrogens is 322 g/mol. The first-order valence-electron chi connectivity index (χ1n) is 7.22. The molecule has 1 aromatic carbocycles. The van der Waals surface area contributed by atoms with Gasteiger partial charge in [-0.05, 0) is 19.1 Å². The van der Waals surface area contributed by atoms with Gasteiger partial charge in [0.05, 0.1) is 37.4 Å². The van der Waals surface area contributed by atoms with Gasteiger partial charge in [-0.2, -0.15) is 0 Å². The third-order valence-electron chi connectivity index (χ3n) is 3.81. The summed E-state index contributed by atoms with van der Waals surface area (Å²) in [5.74, 6) is -2.50. The van der Waals surface area contributed by atoms with Crippen LogP contribution in [-0.4, -0.2) is 44.3 Å². The highest BCUT2D eigenvalue weighted by molar-refractivity contribution is 5.95. The van der Waals surface area contributed by atoms with Gasteiger partial charge in [0.25, 0.3) is 0 Å². The van der Waals surface area contributed by atoms with Crippen LogP contribution in [0, 0.1) is 11.6 Å². The summed E-state index contributed by atoms with van der Waals surface area (Å²) in [6, 6.07) is 1.48. The Labute approximate surface area is 138 Å². The Morgan fingerprint density at radius 1 is 1.29 bits per heavy atom. The summed E-state index contributed by atoms with van der Waals surface area (Å²) >= 11 is 0. The van der Waals surface area contributed by atoms with Gasteiger partial charge in [0, 0.05) is 12.8 Å². The number of esters is 1. The molecule has 1 aromatic rings. The van der Waals surface area contributed by atoms with Crippen LogP contribution in [0.4, 0.5) is 13.6 Å². The number of urea groups is 1. The Bertz CT molecular complexity index is 670. The molecule has 0 fully saturated rings. The highest BCUT2D eigenvalue weighted by atomic mass is 19.1. The Morgan fingerprint density at radius 3 is 2.46 bits per heavy atom. The average molecular weight is 340 g/mol. The SMILES string of the molecule is COCCN1C(=O)NC(c2c(F)cccc2F)C(C(=O)OC)=C1C. The van der Waals surface area contributed by atoms with Crippen LogP contribution in [0.15, 0.2) is 29.5 Å². The van der Waals surface area contributed by atoms with Crippen LogP contribution in [0.3, 0.4) is 0 Å². The molecule has 0 aromatic heterocycles. The van der Waals surface area contributed by atoms with E-state index in [0.29, 0.717) is 0 Å². The van der Waals surface area contributed by atoms with Crippen LogP contribution in [-0.2, 0) is 14.3 Å². The van der Waals surface area contributed by atoms with Crippen molar-refractivity contribution in [2.24, 2.45) is 0 Å². The number of amides is 2. The van der Waals surface area contributed by atoms with E-state index in [1.165, 1.54) is 25.0 Å². The number of halogens is 2. The summed E-state index contributed by atoms with van der Waals surface area (Å²) < 4.78 is 37.9. The molecule has 130 valence electrons. The van der Waals surface area contributed by atoms with Crippen molar-refractivity contribution in [1.29, 1.82) is 0 Å². The van der Waals surface area contributed by atoms with E-state index < -0.39 is 35.2 Å². The lowest BCUT2D eigenvalue weighted by Crippen LogP contribution is -2.49. The maximum Gasteiger partial charge on any atom is 0.337 e. The molecule has 1 heterocycles. The smallest absolute Gasteiger partial charge is 0.337 e. The molecule has 0 saturated heterocycles. The zero-order valence-electron chi connectivity index (χ0n) is 13.6. The number of benzene rings is 1. The van der Waals surface area contributed by atoms with Gasteiger partial charge in [0.1, 0.15) is 11.6 Å². The molecule has 8 heteroatoms. The largest absolute Gasteiger partial charge is 0.466 e. The zero-order chi connectivity index (χ0) is 17.9. The molecule has 2 rings (SSSR count). The number of nitrogens with one attached hydrogen (secondary N) is 1. The van der Waals surface area contributed by atoms with E-state index in [0.717, 1.165) is 19.2 Å². The first-order valence-corrected chi connectivity index (χ1v) is 7.22. The molecule has 0 bridgehead atoms. The van der Waals surface area contributed by atoms with Crippen molar-refractivity contribution in [2.45, 2.75) is 13.0 Å². The van der Waals surface area contributed by atoms with E-state index in [1.807, 2.05) is 0 Å². The molecule has 0 saturated carbocycles. The van der Waals surface area contributed by atoms with Gasteiger partial charge >= 0.3 is 12.0 Å². The fourth-order valence-electron chi connectivity index (χ4n) is 2.61. The molecule has 0 aliphatic carbocycles. The number of rotatable bonds is 5. The van der Waals surface area contributed by atoms with Crippen LogP contribution < -0.4 is 5.32 Å². The van der Waals surface area contributed by atoms with Crippen molar-refractivity contribution in [3.63, 3.8) is 0 Å². The lowest BCUT2D eigenvalue weighted by atomic mass is 9.94. The van der Waals surface area contributed by atoms with E-state index in [4.69, 9.17) is 9.47 Å². The van der Waals surface area contributed by atoms with Crippen LogP contribution in [0.1, 0.15) is 18.5 Å². The minimum atomic E-state index is -1.27. The molecule has 0 spiro atoms. The van der Waals surface area contributed by atoms with Gasteiger partial charge in [-0.15, -0.1) is 0 Å². The number of ether oxygens (including phenoxy) is 2. The second-order valence-electron chi connectivity index (χ2n) is 5.15. The van der Waals surface area contributed by atoms with Crippen LogP contribution in [0.5, 0.6) is 0 Å². The molecule has 2 amide bonds. The molecule has 1 N–H and O–H groups in total. The third-order valence-corrected chi connectivity index (χ3v) is 3.81. The van der Waals surface area contributed by atoms with Crippen molar-refractivity contribution in [3.8, 4) is 0 Å². The van der Waals surface area contributed by atoms with Crippen LogP contribution in [0.2, 0.25) is 0 Å². The summed E-state index contributed by atoms with van der Waals surface area (Å²) in [6.07, 6.45) is 0. The van der Waals surface area contributed by atoms with E-state index in [2.05, 4.69) is 5.32 Å². The highest BCUT2D eigenvalue weighted by Gasteiger charge is 2.38. The minimum Gasteiger partial charge on any atom is -0.466 e. The molecular formula is C16H18F2N2O4. The number of allylic oxidation sites excluding steroid dienone is 1. The zero-order valence-corrected chi connectivity index (χ0v) is 13.6. The number of hydrogen-bond donors (Lipinski definition) is 1. The lowest BCUT2D eigenvalue weighted by Gasteiger charge is -2.35. The second-order valence-corrected chi connectivity index (χ2v) is 5.15. The van der Waals surface area contributed by atoms with Crippen molar-refractivity contribution < 1.29 is 27.8 Å². The fourth-order valence-corrected chi connectivity index (χ4v) is 2.61. The van der Waals surface area contributed by atoms with Crippen molar-refractivity contribution in [1.82, 2.24) is 10.2 Å². The van der Waals surface area contributed by atoms with Gasteiger partial charge in [-0.1, -0.05) is 6.07 Å². The molecule has 0 radical (unpaired) electrons. The first kappa shape index (κ1) is 17.9. The van der Waals surface area contributed by atoms with E-state index in [-0.39, 0.29) is 24.4 Å². The molecule has 1 unspecified atom stereocenters. The summed E-state index contributed by atoms with van der Waals surface area (Å²) in [4.78, 5) is 25.7. The molecule has 1 atom stereocenters. The number of methoxy groups -OCH3 is 2. The van der Waals surface area contributed by atoms with Crippen molar-refractivity contribution in [2.75, 3.05) is 27.4 Å². The van der Waals surface area contributed by atoms with Gasteiger partial charge in [0.2, 0.25) is 0 Å². The van der Waals surface area contributed by atoms with Crippen molar-refractivity contribution in [3.05, 3.63) is 46.7 Å². The molecule has 24 heavy (non-hydrogen) atoms. The monoisotopic (exact) mass is 340 g/mol. The van der Waals surface area contributed by atoms with Crippen molar-refractivity contribution >= 4 is 12.0 Å². The Morgan fingerprint density at radius 2 is 1.92 bits per heavy atom. The predicted molar refractivity (Wildman–Crippen MR) is 80.9 cm³/mol. The summed E-state index contributed by atoms with van der Waals surface area (Å²) in [7, 11) is 2.63. The van der Waals surface area contributed by atoms with E-state index in [9.17, 15) is 18.4 Å². The number of nitrogens with zero attached hydrogens (tertiary/aromatic N) is 1. The van der Waals surface area contributed by atoms with Gasteiger partial charge in [-0.3, -0.25) is 4.90 Å². The fraction of sp³-hybridized carbons (Fsp3) is 0.375. The number of carbonyl (C=O) groups is 2. The summed E-state index contributed by atoms with van der Waals surface area (Å²) in [6.45, 7) is 1.94. The average Bonchev–Trinajstić information content (AvgIpc) is 2.54. The van der Waals surface area contributed by atoms with Gasteiger partial charge < -0.3 is 14.8 Å². The van der Waals surface area contributed by atoms with Gasteiger partial charge in [0.15, 0.2) is 0 Å². The normalized spacial score (nSPS) is 17.8. The Balaban J connectivity index is 2.57. The number of carbonyl (C=O) groups excluding carboxylic acids is 2. The Hall–Kier alpha value is -2.48. The summed E-state index contributed by atoms with van der Waals surface area (Å²) in [5, 5.41) is 2.46. The first-order chi connectivity index (χ1) is 11.4. The Kier molecular flexibility index (Phi) is 5.50. The van der Waals surface area contributed by atoms with E-state index in [1.54, 1.807) is 0 Å². The second kappa shape index (κ2) is 7.39. The number of hydrogen-bond acceptors (Lipinski definition) is 4. The molecule has 1 aliphatic rings. The summed E-state index contributed by atoms with van der Waals surface area (Å²) in [5.41, 5.74) is -0.176. The van der Waals surface area contributed by atoms with Crippen LogP contribution in [0.25, 0.3) is 0 Å². The topological polar surface area (TPSA) is 67.9 Å². The maximum absolute atomic E-state index is 14.1. The molecule has 6 nitrogen and oxygen atoms in total. The van der Waals surface area contributed by atoms with E-state index >= 15 is 0 Å².